The largest absolute Gasteiger partial charge is 0.405 e. The second-order valence-electron chi connectivity index (χ2n) is 6.21. The summed E-state index contributed by atoms with van der Waals surface area (Å²) < 4.78 is 36.5. The zero-order chi connectivity index (χ0) is 22.3. The first kappa shape index (κ1) is 22.3. The Labute approximate surface area is 179 Å². The molecule has 2 N–H and O–H groups in total. The lowest BCUT2D eigenvalue weighted by molar-refractivity contribution is -0.123. The van der Waals surface area contributed by atoms with Gasteiger partial charge in [-0.1, -0.05) is 18.2 Å². The van der Waals surface area contributed by atoms with E-state index in [4.69, 9.17) is 0 Å². The van der Waals surface area contributed by atoms with E-state index in [-0.39, 0.29) is 5.91 Å². The maximum atomic E-state index is 12.2. The van der Waals surface area contributed by atoms with Crippen LogP contribution in [-0.4, -0.2) is 50.5 Å². The van der Waals surface area contributed by atoms with Gasteiger partial charge in [-0.3, -0.25) is 9.59 Å². The number of tetrazole rings is 1. The minimum Gasteiger partial charge on any atom is -0.340 e. The first-order chi connectivity index (χ1) is 14.8. The highest BCUT2D eigenvalue weighted by Crippen LogP contribution is 2.18. The highest BCUT2D eigenvalue weighted by atomic mass is 32.2. The molecule has 0 bridgehead atoms. The van der Waals surface area contributed by atoms with Crippen LogP contribution in [0.5, 0.6) is 0 Å². The van der Waals surface area contributed by atoms with Crippen molar-refractivity contribution in [2.45, 2.75) is 17.5 Å². The van der Waals surface area contributed by atoms with Crippen molar-refractivity contribution in [1.82, 2.24) is 25.5 Å². The SMILES string of the molecule is O=C(CCSc1ccccc1)Nc1ccc(-n2nnc(C(=O)NCC(F)(F)F)n2)cc1. The molecule has 3 rings (SSSR count). The van der Waals surface area contributed by atoms with E-state index in [2.05, 4.69) is 20.7 Å². The number of carbonyl (C=O) groups excluding carboxylic acids is 2. The fourth-order valence-electron chi connectivity index (χ4n) is 2.35. The number of amides is 2. The highest BCUT2D eigenvalue weighted by molar-refractivity contribution is 7.99. The first-order valence-electron chi connectivity index (χ1n) is 9.03. The lowest BCUT2D eigenvalue weighted by atomic mass is 10.3. The second kappa shape index (κ2) is 10.1. The standard InChI is InChI=1S/C19H17F3N6O2S/c20-19(21,22)12-23-18(30)17-25-27-28(26-17)14-8-6-13(7-9-14)24-16(29)10-11-31-15-4-2-1-3-5-15/h1-9H,10-12H2,(H,23,30)(H,24,29). The molecule has 0 fully saturated rings. The molecule has 0 aliphatic carbocycles. The Kier molecular flexibility index (Phi) is 7.23. The van der Waals surface area contributed by atoms with E-state index in [1.165, 1.54) is 0 Å². The van der Waals surface area contributed by atoms with Gasteiger partial charge in [0.25, 0.3) is 11.7 Å². The number of benzene rings is 2. The van der Waals surface area contributed by atoms with E-state index in [0.717, 1.165) is 9.69 Å². The summed E-state index contributed by atoms with van der Waals surface area (Å²) >= 11 is 1.59. The normalized spacial score (nSPS) is 11.2. The Morgan fingerprint density at radius 1 is 1.03 bits per heavy atom. The highest BCUT2D eigenvalue weighted by Gasteiger charge is 2.28. The third-order valence-corrected chi connectivity index (χ3v) is 4.80. The Hall–Kier alpha value is -3.41. The summed E-state index contributed by atoms with van der Waals surface area (Å²) in [5.74, 6) is -1.08. The van der Waals surface area contributed by atoms with Gasteiger partial charge in [0.2, 0.25) is 5.91 Å². The third-order valence-electron chi connectivity index (χ3n) is 3.79. The quantitative estimate of drug-likeness (QED) is 0.512. The number of hydrogen-bond donors (Lipinski definition) is 2. The van der Waals surface area contributed by atoms with Crippen LogP contribution in [0.15, 0.2) is 59.5 Å². The smallest absolute Gasteiger partial charge is 0.340 e. The maximum absolute atomic E-state index is 12.2. The zero-order valence-corrected chi connectivity index (χ0v) is 16.8. The molecule has 3 aromatic rings. The second-order valence-corrected chi connectivity index (χ2v) is 7.38. The van der Waals surface area contributed by atoms with Crippen LogP contribution >= 0.6 is 11.8 Å². The molecule has 0 saturated carbocycles. The number of alkyl halides is 3. The molecule has 0 aliphatic rings. The van der Waals surface area contributed by atoms with E-state index >= 15 is 0 Å². The monoisotopic (exact) mass is 450 g/mol. The molecule has 31 heavy (non-hydrogen) atoms. The fourth-order valence-corrected chi connectivity index (χ4v) is 3.23. The van der Waals surface area contributed by atoms with Gasteiger partial charge in [-0.15, -0.1) is 26.8 Å². The number of hydrogen-bond acceptors (Lipinski definition) is 6. The zero-order valence-electron chi connectivity index (χ0n) is 16.0. The molecular weight excluding hydrogens is 433 g/mol. The molecule has 1 heterocycles. The first-order valence-corrected chi connectivity index (χ1v) is 10.0. The third kappa shape index (κ3) is 7.10. The molecule has 0 spiro atoms. The van der Waals surface area contributed by atoms with Crippen molar-refractivity contribution in [1.29, 1.82) is 0 Å². The molecular formula is C19H17F3N6O2S. The molecule has 0 radical (unpaired) electrons. The summed E-state index contributed by atoms with van der Waals surface area (Å²) in [6.45, 7) is -1.49. The van der Waals surface area contributed by atoms with E-state index in [0.29, 0.717) is 23.5 Å². The Balaban J connectivity index is 1.50. The molecule has 0 atom stereocenters. The summed E-state index contributed by atoms with van der Waals surface area (Å²) in [6, 6.07) is 16.1. The van der Waals surface area contributed by atoms with Crippen LogP contribution in [0.25, 0.3) is 5.69 Å². The van der Waals surface area contributed by atoms with Gasteiger partial charge in [-0.25, -0.2) is 0 Å². The fraction of sp³-hybridized carbons (Fsp3) is 0.211. The van der Waals surface area contributed by atoms with Gasteiger partial charge < -0.3 is 10.6 Å². The predicted molar refractivity (Wildman–Crippen MR) is 108 cm³/mol. The van der Waals surface area contributed by atoms with Gasteiger partial charge in [0.1, 0.15) is 6.54 Å². The van der Waals surface area contributed by atoms with Crippen molar-refractivity contribution < 1.29 is 22.8 Å². The molecule has 0 saturated heterocycles. The molecule has 12 heteroatoms. The van der Waals surface area contributed by atoms with Crippen LogP contribution in [0.2, 0.25) is 0 Å². The van der Waals surface area contributed by atoms with Crippen LogP contribution in [0.1, 0.15) is 17.0 Å². The maximum Gasteiger partial charge on any atom is 0.405 e. The summed E-state index contributed by atoms with van der Waals surface area (Å²) in [5.41, 5.74) is 0.974. The van der Waals surface area contributed by atoms with E-state index in [1.54, 1.807) is 41.3 Å². The summed E-state index contributed by atoms with van der Waals surface area (Å²) in [6.07, 6.45) is -4.20. The van der Waals surface area contributed by atoms with Crippen LogP contribution in [0.3, 0.4) is 0 Å². The number of nitrogens with zero attached hydrogens (tertiary/aromatic N) is 4. The van der Waals surface area contributed by atoms with E-state index in [1.807, 2.05) is 30.3 Å². The molecule has 162 valence electrons. The number of rotatable bonds is 8. The molecule has 8 nitrogen and oxygen atoms in total. The molecule has 2 amide bonds. The number of nitrogens with one attached hydrogen (secondary N) is 2. The summed E-state index contributed by atoms with van der Waals surface area (Å²) in [4.78, 5) is 25.8. The minimum absolute atomic E-state index is 0.140. The van der Waals surface area contributed by atoms with Crippen molar-refractivity contribution in [3.63, 3.8) is 0 Å². The van der Waals surface area contributed by atoms with Gasteiger partial charge in [-0.05, 0) is 41.6 Å². The Morgan fingerprint density at radius 2 is 1.74 bits per heavy atom. The number of aromatic nitrogens is 4. The van der Waals surface area contributed by atoms with Gasteiger partial charge >= 0.3 is 6.18 Å². The topological polar surface area (TPSA) is 102 Å². The van der Waals surface area contributed by atoms with E-state index in [9.17, 15) is 22.8 Å². The van der Waals surface area contributed by atoms with Crippen LogP contribution < -0.4 is 10.6 Å². The van der Waals surface area contributed by atoms with Crippen molar-refractivity contribution in [3.8, 4) is 5.69 Å². The molecule has 0 aliphatic heterocycles. The van der Waals surface area contributed by atoms with Crippen LogP contribution in [-0.2, 0) is 4.79 Å². The van der Waals surface area contributed by atoms with Crippen LogP contribution in [0, 0.1) is 0 Å². The van der Waals surface area contributed by atoms with Gasteiger partial charge in [0.05, 0.1) is 5.69 Å². The lowest BCUT2D eigenvalue weighted by Gasteiger charge is -2.06. The predicted octanol–water partition coefficient (Wildman–Crippen LogP) is 3.08. The van der Waals surface area contributed by atoms with Crippen molar-refractivity contribution in [3.05, 3.63) is 60.4 Å². The van der Waals surface area contributed by atoms with Crippen molar-refractivity contribution in [2.24, 2.45) is 0 Å². The average molecular weight is 450 g/mol. The Morgan fingerprint density at radius 3 is 2.42 bits per heavy atom. The number of anilines is 1. The number of halogens is 3. The average Bonchev–Trinajstić information content (AvgIpc) is 3.23. The van der Waals surface area contributed by atoms with Gasteiger partial charge in [0, 0.05) is 22.8 Å². The minimum atomic E-state index is -4.54. The van der Waals surface area contributed by atoms with Gasteiger partial charge in [0.15, 0.2) is 0 Å². The van der Waals surface area contributed by atoms with Crippen molar-refractivity contribution >= 4 is 29.3 Å². The van der Waals surface area contributed by atoms with Gasteiger partial charge in [-0.2, -0.15) is 13.2 Å². The van der Waals surface area contributed by atoms with Crippen molar-refractivity contribution in [2.75, 3.05) is 17.6 Å². The summed E-state index contributed by atoms with van der Waals surface area (Å²) in [5, 5.41) is 15.3. The van der Waals surface area contributed by atoms with E-state index < -0.39 is 24.5 Å². The molecule has 1 aromatic heterocycles. The number of carbonyl (C=O) groups is 2. The Bertz CT molecular complexity index is 1030. The number of thioether (sulfide) groups is 1. The molecule has 0 unspecified atom stereocenters. The summed E-state index contributed by atoms with van der Waals surface area (Å²) in [7, 11) is 0. The van der Waals surface area contributed by atoms with Crippen LogP contribution in [0.4, 0.5) is 18.9 Å². The lowest BCUT2D eigenvalue weighted by Crippen LogP contribution is -2.34. The molecule has 2 aromatic carbocycles.